The number of para-hydroxylation sites is 1. The highest BCUT2D eigenvalue weighted by Gasteiger charge is 2.35. The number of pyridine rings is 1. The molecule has 0 bridgehead atoms. The Labute approximate surface area is 194 Å². The molecule has 0 spiro atoms. The molecule has 1 aliphatic heterocycles. The first-order valence-corrected chi connectivity index (χ1v) is 11.0. The quantitative estimate of drug-likeness (QED) is 0.602. The summed E-state index contributed by atoms with van der Waals surface area (Å²) in [6.07, 6.45) is 4.39. The number of carboxylic acids is 1. The van der Waals surface area contributed by atoms with Gasteiger partial charge in [0.2, 0.25) is 0 Å². The predicted molar refractivity (Wildman–Crippen MR) is 126 cm³/mol. The maximum absolute atomic E-state index is 13.1. The second-order valence-corrected chi connectivity index (χ2v) is 8.88. The van der Waals surface area contributed by atoms with Crippen molar-refractivity contribution in [1.82, 2.24) is 9.88 Å². The molecule has 3 rings (SSSR count). The van der Waals surface area contributed by atoms with Crippen molar-refractivity contribution in [1.29, 1.82) is 0 Å². The standard InChI is InChI=1S/C25H31N3O5/c1-25(2,3)33-24(31)28(22-11-9-19(17-26-22)10-12-23(29)30)20-13-14-27(18-20)15-16-32-21-7-5-4-6-8-21/h4-12,17,20H,13-16,18H2,1-3H3,(H,29,30)/t20-/m1/s1. The molecule has 2 heterocycles. The Kier molecular flexibility index (Phi) is 8.06. The van der Waals surface area contributed by atoms with Crippen LogP contribution in [0.5, 0.6) is 5.75 Å². The number of carbonyl (C=O) groups excluding carboxylic acids is 1. The van der Waals surface area contributed by atoms with Gasteiger partial charge in [-0.1, -0.05) is 18.2 Å². The van der Waals surface area contributed by atoms with Gasteiger partial charge in [0.25, 0.3) is 0 Å². The number of anilines is 1. The van der Waals surface area contributed by atoms with Crippen molar-refractivity contribution in [2.45, 2.75) is 38.8 Å². The summed E-state index contributed by atoms with van der Waals surface area (Å²) >= 11 is 0. The second-order valence-electron chi connectivity index (χ2n) is 8.88. The van der Waals surface area contributed by atoms with E-state index in [4.69, 9.17) is 14.6 Å². The maximum atomic E-state index is 13.1. The summed E-state index contributed by atoms with van der Waals surface area (Å²) < 4.78 is 11.5. The SMILES string of the molecule is CC(C)(C)OC(=O)N(c1ccc(C=CC(=O)O)cn1)[C@@H]1CCN(CCOc2ccccc2)C1. The van der Waals surface area contributed by atoms with Crippen molar-refractivity contribution in [3.05, 3.63) is 60.3 Å². The molecule has 1 saturated heterocycles. The van der Waals surface area contributed by atoms with Gasteiger partial charge in [0, 0.05) is 31.9 Å². The predicted octanol–water partition coefficient (Wildman–Crippen LogP) is 4.07. The molecule has 1 fully saturated rings. The number of aliphatic carboxylic acids is 1. The van der Waals surface area contributed by atoms with Crippen LogP contribution in [0.4, 0.5) is 10.6 Å². The van der Waals surface area contributed by atoms with E-state index in [1.54, 1.807) is 23.2 Å². The van der Waals surface area contributed by atoms with Gasteiger partial charge in [-0.05, 0) is 63.1 Å². The highest BCUT2D eigenvalue weighted by atomic mass is 16.6. The fourth-order valence-corrected chi connectivity index (χ4v) is 3.58. The van der Waals surface area contributed by atoms with Crippen LogP contribution in [0.1, 0.15) is 32.8 Å². The number of aromatic nitrogens is 1. The Bertz CT molecular complexity index is 954. The molecule has 1 amide bonds. The number of carbonyl (C=O) groups is 2. The molecule has 176 valence electrons. The lowest BCUT2D eigenvalue weighted by Gasteiger charge is -2.31. The number of ether oxygens (including phenoxy) is 2. The van der Waals surface area contributed by atoms with Crippen LogP contribution in [-0.4, -0.2) is 64.9 Å². The Balaban J connectivity index is 1.68. The molecule has 1 aliphatic rings. The van der Waals surface area contributed by atoms with E-state index in [9.17, 15) is 9.59 Å². The van der Waals surface area contributed by atoms with E-state index in [2.05, 4.69) is 9.88 Å². The highest BCUT2D eigenvalue weighted by Crippen LogP contribution is 2.25. The first kappa shape index (κ1) is 24.3. The molecule has 0 unspecified atom stereocenters. The van der Waals surface area contributed by atoms with Gasteiger partial charge in [0.1, 0.15) is 23.8 Å². The Morgan fingerprint density at radius 2 is 1.97 bits per heavy atom. The van der Waals surface area contributed by atoms with Gasteiger partial charge in [-0.3, -0.25) is 9.80 Å². The normalized spacial score (nSPS) is 16.6. The molecule has 1 atom stereocenters. The monoisotopic (exact) mass is 453 g/mol. The molecule has 1 aromatic heterocycles. The van der Waals surface area contributed by atoms with Crippen LogP contribution in [0.2, 0.25) is 0 Å². The third-order valence-electron chi connectivity index (χ3n) is 5.06. The smallest absolute Gasteiger partial charge is 0.416 e. The van der Waals surface area contributed by atoms with Crippen LogP contribution < -0.4 is 9.64 Å². The number of benzene rings is 1. The van der Waals surface area contributed by atoms with Crippen LogP contribution in [0.25, 0.3) is 6.08 Å². The number of amides is 1. The van der Waals surface area contributed by atoms with E-state index >= 15 is 0 Å². The molecule has 1 aromatic carbocycles. The van der Waals surface area contributed by atoms with Crippen LogP contribution >= 0.6 is 0 Å². The van der Waals surface area contributed by atoms with Gasteiger partial charge >= 0.3 is 12.1 Å². The zero-order valence-electron chi connectivity index (χ0n) is 19.3. The van der Waals surface area contributed by atoms with Crippen LogP contribution in [0, 0.1) is 0 Å². The minimum atomic E-state index is -1.03. The third kappa shape index (κ3) is 7.61. The van der Waals surface area contributed by atoms with Crippen molar-refractivity contribution >= 4 is 24.0 Å². The summed E-state index contributed by atoms with van der Waals surface area (Å²) in [7, 11) is 0. The van der Waals surface area contributed by atoms with Gasteiger partial charge < -0.3 is 14.6 Å². The van der Waals surface area contributed by atoms with E-state index in [-0.39, 0.29) is 6.04 Å². The minimum absolute atomic E-state index is 0.0931. The average Bonchev–Trinajstić information content (AvgIpc) is 3.21. The summed E-state index contributed by atoms with van der Waals surface area (Å²) in [5.41, 5.74) is -0.00203. The lowest BCUT2D eigenvalue weighted by molar-refractivity contribution is -0.131. The van der Waals surface area contributed by atoms with E-state index in [0.717, 1.165) is 31.3 Å². The molecule has 0 saturated carbocycles. The van der Waals surface area contributed by atoms with Gasteiger partial charge in [-0.25, -0.2) is 14.6 Å². The van der Waals surface area contributed by atoms with Crippen molar-refractivity contribution in [2.75, 3.05) is 31.1 Å². The molecule has 0 radical (unpaired) electrons. The fraction of sp³-hybridized carbons (Fsp3) is 0.400. The number of rotatable bonds is 8. The number of carboxylic acid groups (broad SMARTS) is 1. The van der Waals surface area contributed by atoms with Crippen molar-refractivity contribution in [2.24, 2.45) is 0 Å². The Hall–Kier alpha value is -3.39. The molecule has 33 heavy (non-hydrogen) atoms. The molecular formula is C25H31N3O5. The van der Waals surface area contributed by atoms with E-state index in [1.807, 2.05) is 51.1 Å². The summed E-state index contributed by atoms with van der Waals surface area (Å²) in [4.78, 5) is 32.1. The van der Waals surface area contributed by atoms with Crippen LogP contribution in [0.15, 0.2) is 54.7 Å². The van der Waals surface area contributed by atoms with Gasteiger partial charge in [-0.15, -0.1) is 0 Å². The summed E-state index contributed by atoms with van der Waals surface area (Å²) in [5.74, 6) is 0.283. The summed E-state index contributed by atoms with van der Waals surface area (Å²) in [6, 6.07) is 13.0. The maximum Gasteiger partial charge on any atom is 0.416 e. The van der Waals surface area contributed by atoms with Crippen molar-refractivity contribution in [3.8, 4) is 5.75 Å². The van der Waals surface area contributed by atoms with E-state index in [0.29, 0.717) is 24.5 Å². The molecule has 8 nitrogen and oxygen atoms in total. The zero-order chi connectivity index (χ0) is 23.8. The molecular weight excluding hydrogens is 422 g/mol. The third-order valence-corrected chi connectivity index (χ3v) is 5.06. The van der Waals surface area contributed by atoms with Crippen LogP contribution in [0.3, 0.4) is 0 Å². The van der Waals surface area contributed by atoms with Gasteiger partial charge in [0.05, 0.1) is 6.04 Å². The van der Waals surface area contributed by atoms with E-state index < -0.39 is 17.7 Å². The Morgan fingerprint density at radius 1 is 1.21 bits per heavy atom. The molecule has 0 aliphatic carbocycles. The highest BCUT2D eigenvalue weighted by molar-refractivity contribution is 5.88. The fourth-order valence-electron chi connectivity index (χ4n) is 3.58. The van der Waals surface area contributed by atoms with Gasteiger partial charge in [0.15, 0.2) is 0 Å². The topological polar surface area (TPSA) is 92.2 Å². The molecule has 2 aromatic rings. The minimum Gasteiger partial charge on any atom is -0.492 e. The lowest BCUT2D eigenvalue weighted by Crippen LogP contribution is -2.45. The van der Waals surface area contributed by atoms with Crippen molar-refractivity contribution in [3.63, 3.8) is 0 Å². The number of hydrogen-bond donors (Lipinski definition) is 1. The number of hydrogen-bond acceptors (Lipinski definition) is 6. The molecule has 1 N–H and O–H groups in total. The molecule has 8 heteroatoms. The first-order valence-electron chi connectivity index (χ1n) is 11.0. The van der Waals surface area contributed by atoms with Crippen LogP contribution in [-0.2, 0) is 9.53 Å². The van der Waals surface area contributed by atoms with Crippen molar-refractivity contribution < 1.29 is 24.2 Å². The first-order chi connectivity index (χ1) is 15.7. The zero-order valence-corrected chi connectivity index (χ0v) is 19.3. The Morgan fingerprint density at radius 3 is 2.61 bits per heavy atom. The largest absolute Gasteiger partial charge is 0.492 e. The van der Waals surface area contributed by atoms with E-state index in [1.165, 1.54) is 6.08 Å². The average molecular weight is 454 g/mol. The lowest BCUT2D eigenvalue weighted by atomic mass is 10.2. The number of nitrogens with zero attached hydrogens (tertiary/aromatic N) is 3. The summed E-state index contributed by atoms with van der Waals surface area (Å²) in [5, 5.41) is 8.80. The number of likely N-dealkylation sites (tertiary alicyclic amines) is 1. The second kappa shape index (κ2) is 11.0. The van der Waals surface area contributed by atoms with Gasteiger partial charge in [-0.2, -0.15) is 0 Å². The summed E-state index contributed by atoms with van der Waals surface area (Å²) in [6.45, 7) is 8.32.